The van der Waals surface area contributed by atoms with Crippen LogP contribution in [-0.4, -0.2) is 19.5 Å². The van der Waals surface area contributed by atoms with Crippen LogP contribution >= 0.6 is 22.7 Å². The molecule has 0 radical (unpaired) electrons. The summed E-state index contributed by atoms with van der Waals surface area (Å²) in [5.41, 5.74) is 7.97. The molecule has 108 valence electrons. The monoisotopic (exact) mass is 318 g/mol. The maximum Gasteiger partial charge on any atom is 0.263 e. The van der Waals surface area contributed by atoms with E-state index in [2.05, 4.69) is 27.7 Å². The first kappa shape index (κ1) is 13.9. The van der Waals surface area contributed by atoms with Gasteiger partial charge in [-0.25, -0.2) is 0 Å². The molecule has 3 heterocycles. The molecule has 3 N–H and O–H groups in total. The van der Waals surface area contributed by atoms with E-state index < -0.39 is 0 Å². The summed E-state index contributed by atoms with van der Waals surface area (Å²) in [5.74, 6) is -0.242. The third-order valence-electron chi connectivity index (χ3n) is 3.57. The van der Waals surface area contributed by atoms with Gasteiger partial charge in [0, 0.05) is 25.0 Å². The summed E-state index contributed by atoms with van der Waals surface area (Å²) in [6.07, 6.45) is 0.963. The van der Waals surface area contributed by atoms with E-state index in [4.69, 9.17) is 5.73 Å². The minimum atomic E-state index is -0.242. The second kappa shape index (κ2) is 5.39. The lowest BCUT2D eigenvalue weighted by Crippen LogP contribution is -2.29. The molecule has 0 bridgehead atoms. The number of carbonyl (C=O) groups is 1. The molecule has 1 aliphatic heterocycles. The van der Waals surface area contributed by atoms with E-state index in [0.29, 0.717) is 10.4 Å². The number of anilines is 2. The summed E-state index contributed by atoms with van der Waals surface area (Å²) < 4.78 is 0. The highest BCUT2D eigenvalue weighted by molar-refractivity contribution is 7.19. The number of carbonyl (C=O) groups excluding carboxylic acids is 1. The Morgan fingerprint density at radius 1 is 1.57 bits per heavy atom. The van der Waals surface area contributed by atoms with E-state index in [9.17, 15) is 10.1 Å². The molecular weight excluding hydrogens is 304 g/mol. The molecule has 2 aromatic rings. The Morgan fingerprint density at radius 3 is 3.10 bits per heavy atom. The van der Waals surface area contributed by atoms with Gasteiger partial charge in [-0.15, -0.1) is 22.7 Å². The first-order valence-electron chi connectivity index (χ1n) is 6.50. The van der Waals surface area contributed by atoms with Crippen LogP contribution in [0.3, 0.4) is 0 Å². The molecule has 1 amide bonds. The molecule has 0 unspecified atom stereocenters. The number of nitrogens with zero attached hydrogens (tertiary/aromatic N) is 2. The predicted octanol–water partition coefficient (Wildman–Crippen LogP) is 2.19. The molecule has 7 heteroatoms. The van der Waals surface area contributed by atoms with Crippen molar-refractivity contribution < 1.29 is 4.79 Å². The molecule has 0 saturated carbocycles. The average Bonchev–Trinajstić information content (AvgIpc) is 3.09. The molecule has 21 heavy (non-hydrogen) atoms. The van der Waals surface area contributed by atoms with Gasteiger partial charge in [-0.2, -0.15) is 5.26 Å². The van der Waals surface area contributed by atoms with Crippen LogP contribution in [0.1, 0.15) is 25.7 Å². The van der Waals surface area contributed by atoms with Crippen LogP contribution in [0, 0.1) is 11.3 Å². The van der Waals surface area contributed by atoms with E-state index in [1.54, 1.807) is 18.4 Å². The third-order valence-corrected chi connectivity index (χ3v) is 5.85. The molecular formula is C14H14N4OS2. The van der Waals surface area contributed by atoms with Crippen LogP contribution in [-0.2, 0) is 13.0 Å². The number of nitrogens with two attached hydrogens (primary N) is 1. The topological polar surface area (TPSA) is 82.2 Å². The fraction of sp³-hybridized carbons (Fsp3) is 0.286. The van der Waals surface area contributed by atoms with E-state index in [0.717, 1.165) is 24.5 Å². The zero-order chi connectivity index (χ0) is 15.0. The highest BCUT2D eigenvalue weighted by atomic mass is 32.1. The Bertz CT molecular complexity index is 741. The van der Waals surface area contributed by atoms with Crippen molar-refractivity contribution in [3.8, 4) is 6.07 Å². The van der Waals surface area contributed by atoms with Crippen molar-refractivity contribution in [3.63, 3.8) is 0 Å². The Kier molecular flexibility index (Phi) is 3.57. The smallest absolute Gasteiger partial charge is 0.263 e. The number of nitrogens with one attached hydrogen (secondary N) is 1. The quantitative estimate of drug-likeness (QED) is 0.889. The molecule has 2 aromatic heterocycles. The molecule has 0 aromatic carbocycles. The Labute approximate surface area is 130 Å². The zero-order valence-corrected chi connectivity index (χ0v) is 13.1. The summed E-state index contributed by atoms with van der Waals surface area (Å²) in [7, 11) is 1.56. The highest BCUT2D eigenvalue weighted by Crippen LogP contribution is 2.40. The minimum Gasteiger partial charge on any atom is -0.396 e. The lowest BCUT2D eigenvalue weighted by molar-refractivity contribution is 0.0968. The van der Waals surface area contributed by atoms with Gasteiger partial charge in [0.25, 0.3) is 5.91 Å². The number of thiophene rings is 2. The van der Waals surface area contributed by atoms with Crippen molar-refractivity contribution in [2.24, 2.45) is 0 Å². The van der Waals surface area contributed by atoms with Crippen LogP contribution in [0.25, 0.3) is 0 Å². The summed E-state index contributed by atoms with van der Waals surface area (Å²) >= 11 is 3.07. The van der Waals surface area contributed by atoms with Gasteiger partial charge in [-0.05, 0) is 23.4 Å². The number of hydrogen-bond acceptors (Lipinski definition) is 6. The molecule has 5 nitrogen and oxygen atoms in total. The van der Waals surface area contributed by atoms with Crippen molar-refractivity contribution in [1.82, 2.24) is 5.32 Å². The number of hydrogen-bond donors (Lipinski definition) is 2. The molecule has 1 aliphatic rings. The highest BCUT2D eigenvalue weighted by Gasteiger charge is 2.26. The second-order valence-electron chi connectivity index (χ2n) is 4.76. The summed E-state index contributed by atoms with van der Waals surface area (Å²) in [6, 6.07) is 4.26. The van der Waals surface area contributed by atoms with Gasteiger partial charge in [0.1, 0.15) is 21.5 Å². The first-order valence-corrected chi connectivity index (χ1v) is 8.20. The lowest BCUT2D eigenvalue weighted by Gasteiger charge is -2.27. The average molecular weight is 318 g/mol. The number of amides is 1. The van der Waals surface area contributed by atoms with E-state index in [1.807, 2.05) is 0 Å². The Balaban J connectivity index is 2.00. The van der Waals surface area contributed by atoms with Crippen molar-refractivity contribution in [1.29, 1.82) is 5.26 Å². The van der Waals surface area contributed by atoms with Crippen molar-refractivity contribution in [2.75, 3.05) is 24.2 Å². The Hall–Kier alpha value is -2.04. The standard InChI is InChI=1S/C14H14N4OS2/c1-17-13(19)12-11(16)9(6-15)14(21-12)18-4-2-10-8(7-18)3-5-20-10/h3,5H,2,4,7,16H2,1H3,(H,17,19). The molecule has 0 fully saturated rings. The Morgan fingerprint density at radius 2 is 2.38 bits per heavy atom. The fourth-order valence-electron chi connectivity index (χ4n) is 2.47. The van der Waals surface area contributed by atoms with Gasteiger partial charge in [-0.1, -0.05) is 0 Å². The summed E-state index contributed by atoms with van der Waals surface area (Å²) in [6.45, 7) is 1.61. The minimum absolute atomic E-state index is 0.242. The van der Waals surface area contributed by atoms with Crippen molar-refractivity contribution in [2.45, 2.75) is 13.0 Å². The molecule has 0 spiro atoms. The van der Waals surface area contributed by atoms with Crippen molar-refractivity contribution in [3.05, 3.63) is 32.3 Å². The van der Waals surface area contributed by atoms with Gasteiger partial charge in [0.2, 0.25) is 0 Å². The van der Waals surface area contributed by atoms with E-state index in [-0.39, 0.29) is 11.6 Å². The third kappa shape index (κ3) is 2.26. The maximum absolute atomic E-state index is 11.8. The SMILES string of the molecule is CNC(=O)c1sc(N2CCc3sccc3C2)c(C#N)c1N. The lowest BCUT2D eigenvalue weighted by atomic mass is 10.1. The molecule has 0 saturated heterocycles. The summed E-state index contributed by atoms with van der Waals surface area (Å²) in [5, 5.41) is 14.8. The summed E-state index contributed by atoms with van der Waals surface area (Å²) in [4.78, 5) is 15.8. The predicted molar refractivity (Wildman–Crippen MR) is 85.9 cm³/mol. The fourth-order valence-corrected chi connectivity index (χ4v) is 4.50. The zero-order valence-electron chi connectivity index (χ0n) is 11.5. The van der Waals surface area contributed by atoms with Crippen LogP contribution in [0.15, 0.2) is 11.4 Å². The van der Waals surface area contributed by atoms with Crippen LogP contribution in [0.2, 0.25) is 0 Å². The van der Waals surface area contributed by atoms with Crippen LogP contribution in [0.4, 0.5) is 10.7 Å². The molecule has 0 atom stereocenters. The van der Waals surface area contributed by atoms with Crippen LogP contribution in [0.5, 0.6) is 0 Å². The number of fused-ring (bicyclic) bond motifs is 1. The first-order chi connectivity index (χ1) is 10.2. The van der Waals surface area contributed by atoms with E-state index >= 15 is 0 Å². The van der Waals surface area contributed by atoms with Gasteiger partial charge in [0.15, 0.2) is 0 Å². The maximum atomic E-state index is 11.8. The van der Waals surface area contributed by atoms with Crippen LogP contribution < -0.4 is 16.0 Å². The van der Waals surface area contributed by atoms with Gasteiger partial charge in [0.05, 0.1) is 5.69 Å². The number of nitriles is 1. The molecule has 0 aliphatic carbocycles. The molecule has 3 rings (SSSR count). The number of rotatable bonds is 2. The van der Waals surface area contributed by atoms with Crippen molar-refractivity contribution >= 4 is 39.3 Å². The number of nitrogen functional groups attached to an aromatic ring is 1. The van der Waals surface area contributed by atoms with Gasteiger partial charge >= 0.3 is 0 Å². The van der Waals surface area contributed by atoms with E-state index in [1.165, 1.54) is 21.8 Å². The van der Waals surface area contributed by atoms with Gasteiger partial charge in [-0.3, -0.25) is 4.79 Å². The second-order valence-corrected chi connectivity index (χ2v) is 6.76. The largest absolute Gasteiger partial charge is 0.396 e. The normalized spacial score (nSPS) is 13.6. The van der Waals surface area contributed by atoms with Gasteiger partial charge < -0.3 is 16.0 Å².